The van der Waals surface area contributed by atoms with Crippen LogP contribution in [-0.4, -0.2) is 35.9 Å². The first-order valence-corrected chi connectivity index (χ1v) is 9.38. The van der Waals surface area contributed by atoms with E-state index in [0.717, 1.165) is 5.56 Å². The van der Waals surface area contributed by atoms with Crippen LogP contribution in [0.25, 0.3) is 0 Å². The van der Waals surface area contributed by atoms with Crippen LogP contribution in [0.1, 0.15) is 43.1 Å². The molecular weight excluding hydrogens is 374 g/mol. The van der Waals surface area contributed by atoms with E-state index in [-0.39, 0.29) is 17.9 Å². The first-order chi connectivity index (χ1) is 13.7. The quantitative estimate of drug-likeness (QED) is 0.610. The van der Waals surface area contributed by atoms with E-state index in [1.165, 1.54) is 6.07 Å². The van der Waals surface area contributed by atoms with Gasteiger partial charge in [-0.1, -0.05) is 30.3 Å². The number of hydrogen-bond donors (Lipinski definition) is 2. The minimum Gasteiger partial charge on any atom is -0.492 e. The van der Waals surface area contributed by atoms with Crippen LogP contribution in [-0.2, 0) is 11.3 Å². The number of carboxylic acids is 1. The van der Waals surface area contributed by atoms with E-state index in [2.05, 4.69) is 5.32 Å². The van der Waals surface area contributed by atoms with Crippen LogP contribution in [0.15, 0.2) is 48.5 Å². The Hall–Kier alpha value is -3.22. The molecule has 0 fully saturated rings. The summed E-state index contributed by atoms with van der Waals surface area (Å²) in [6.45, 7) is 6.31. The van der Waals surface area contributed by atoms with Gasteiger partial charge in [-0.05, 0) is 44.9 Å². The summed E-state index contributed by atoms with van der Waals surface area (Å²) < 4.78 is 16.5. The zero-order valence-corrected chi connectivity index (χ0v) is 16.9. The van der Waals surface area contributed by atoms with Crippen LogP contribution < -0.4 is 14.8 Å². The van der Waals surface area contributed by atoms with Crippen LogP contribution >= 0.6 is 0 Å². The number of carbonyl (C=O) groups excluding carboxylic acids is 1. The number of aromatic carboxylic acids is 1. The predicted molar refractivity (Wildman–Crippen MR) is 109 cm³/mol. The first kappa shape index (κ1) is 22.1. The number of hydrogen-bond acceptors (Lipinski definition) is 5. The van der Waals surface area contributed by atoms with Crippen LogP contribution in [0, 0.1) is 0 Å². The summed E-state index contributed by atoms with van der Waals surface area (Å²) in [7, 11) is 0. The molecular formula is C22H27NO6. The number of carbonyl (C=O) groups is 2. The van der Waals surface area contributed by atoms with Gasteiger partial charge in [-0.25, -0.2) is 9.59 Å². The van der Waals surface area contributed by atoms with E-state index < -0.39 is 17.7 Å². The van der Waals surface area contributed by atoms with Crippen molar-refractivity contribution in [3.05, 3.63) is 59.7 Å². The normalized spacial score (nSPS) is 10.9. The Bertz CT molecular complexity index is 814. The molecule has 0 radical (unpaired) electrons. The Labute approximate surface area is 170 Å². The number of benzene rings is 2. The SMILES string of the molecule is CC(C)(C)OC(=O)NCCCOc1cc(OCc2ccccc2)ccc1C(=O)O. The Morgan fingerprint density at radius 1 is 1.03 bits per heavy atom. The zero-order chi connectivity index (χ0) is 21.3. The second kappa shape index (κ2) is 10.4. The molecule has 0 aliphatic carbocycles. The Morgan fingerprint density at radius 3 is 2.41 bits per heavy atom. The van der Waals surface area contributed by atoms with Crippen LogP contribution in [0.5, 0.6) is 11.5 Å². The zero-order valence-electron chi connectivity index (χ0n) is 16.9. The first-order valence-electron chi connectivity index (χ1n) is 9.38. The maximum Gasteiger partial charge on any atom is 0.407 e. The second-order valence-electron chi connectivity index (χ2n) is 7.37. The minimum absolute atomic E-state index is 0.0529. The van der Waals surface area contributed by atoms with Crippen LogP contribution in [0.3, 0.4) is 0 Å². The van der Waals surface area contributed by atoms with Gasteiger partial charge in [-0.3, -0.25) is 0 Å². The van der Waals surface area contributed by atoms with E-state index in [4.69, 9.17) is 14.2 Å². The average molecular weight is 401 g/mol. The average Bonchev–Trinajstić information content (AvgIpc) is 2.65. The van der Waals surface area contributed by atoms with Crippen molar-refractivity contribution < 1.29 is 28.9 Å². The van der Waals surface area contributed by atoms with Gasteiger partial charge in [-0.2, -0.15) is 0 Å². The molecule has 0 atom stereocenters. The van der Waals surface area contributed by atoms with E-state index in [1.54, 1.807) is 32.9 Å². The third kappa shape index (κ3) is 8.13. The topological polar surface area (TPSA) is 94.1 Å². The molecule has 0 heterocycles. The minimum atomic E-state index is -1.08. The number of ether oxygens (including phenoxy) is 3. The number of amides is 1. The molecule has 0 bridgehead atoms. The molecule has 7 nitrogen and oxygen atoms in total. The smallest absolute Gasteiger partial charge is 0.407 e. The van der Waals surface area contributed by atoms with Gasteiger partial charge in [0.1, 0.15) is 29.3 Å². The molecule has 0 saturated heterocycles. The van der Waals surface area contributed by atoms with Crippen molar-refractivity contribution in [2.24, 2.45) is 0 Å². The molecule has 0 unspecified atom stereocenters. The number of rotatable bonds is 9. The highest BCUT2D eigenvalue weighted by Crippen LogP contribution is 2.26. The summed E-state index contributed by atoms with van der Waals surface area (Å²) in [6.07, 6.45) is -0.00651. The number of nitrogens with one attached hydrogen (secondary N) is 1. The molecule has 7 heteroatoms. The lowest BCUT2D eigenvalue weighted by molar-refractivity contribution is 0.0525. The van der Waals surface area contributed by atoms with Gasteiger partial charge < -0.3 is 24.6 Å². The van der Waals surface area contributed by atoms with Gasteiger partial charge in [0.25, 0.3) is 0 Å². The number of carboxylic acid groups (broad SMARTS) is 1. The maximum absolute atomic E-state index is 11.6. The fourth-order valence-electron chi connectivity index (χ4n) is 2.39. The van der Waals surface area contributed by atoms with Gasteiger partial charge in [0.15, 0.2) is 0 Å². The molecule has 0 aromatic heterocycles. The summed E-state index contributed by atoms with van der Waals surface area (Å²) >= 11 is 0. The molecule has 0 saturated carbocycles. The predicted octanol–water partition coefficient (Wildman–Crippen LogP) is 4.26. The Kier molecular flexibility index (Phi) is 7.88. The van der Waals surface area contributed by atoms with Crippen molar-refractivity contribution in [2.45, 2.75) is 39.4 Å². The maximum atomic E-state index is 11.6. The lowest BCUT2D eigenvalue weighted by Gasteiger charge is -2.19. The van der Waals surface area contributed by atoms with Crippen molar-refractivity contribution in [3.8, 4) is 11.5 Å². The summed E-state index contributed by atoms with van der Waals surface area (Å²) in [5.41, 5.74) is 0.500. The molecule has 2 N–H and O–H groups in total. The molecule has 1 amide bonds. The van der Waals surface area contributed by atoms with E-state index in [0.29, 0.717) is 25.3 Å². The van der Waals surface area contributed by atoms with Gasteiger partial charge in [0, 0.05) is 12.6 Å². The van der Waals surface area contributed by atoms with Crippen molar-refractivity contribution in [1.29, 1.82) is 0 Å². The van der Waals surface area contributed by atoms with Gasteiger partial charge >= 0.3 is 12.1 Å². The number of alkyl carbamates (subject to hydrolysis) is 1. The van der Waals surface area contributed by atoms with Gasteiger partial charge in [0.2, 0.25) is 0 Å². The molecule has 156 valence electrons. The molecule has 2 aromatic carbocycles. The van der Waals surface area contributed by atoms with E-state index in [9.17, 15) is 14.7 Å². The third-order valence-electron chi connectivity index (χ3n) is 3.68. The summed E-state index contributed by atoms with van der Waals surface area (Å²) in [6, 6.07) is 14.3. The largest absolute Gasteiger partial charge is 0.492 e. The Morgan fingerprint density at radius 2 is 1.76 bits per heavy atom. The molecule has 29 heavy (non-hydrogen) atoms. The lowest BCUT2D eigenvalue weighted by Crippen LogP contribution is -2.33. The van der Waals surface area contributed by atoms with Crippen molar-refractivity contribution >= 4 is 12.1 Å². The second-order valence-corrected chi connectivity index (χ2v) is 7.37. The highest BCUT2D eigenvalue weighted by Gasteiger charge is 2.16. The molecule has 2 rings (SSSR count). The van der Waals surface area contributed by atoms with Crippen molar-refractivity contribution in [2.75, 3.05) is 13.2 Å². The summed E-state index contributed by atoms with van der Waals surface area (Å²) in [5.74, 6) is -0.345. The van der Waals surface area contributed by atoms with Crippen LogP contribution in [0.2, 0.25) is 0 Å². The summed E-state index contributed by atoms with van der Waals surface area (Å²) in [5, 5.41) is 12.0. The van der Waals surface area contributed by atoms with E-state index >= 15 is 0 Å². The lowest BCUT2D eigenvalue weighted by atomic mass is 10.2. The fraction of sp³-hybridized carbons (Fsp3) is 0.364. The van der Waals surface area contributed by atoms with Gasteiger partial charge in [-0.15, -0.1) is 0 Å². The van der Waals surface area contributed by atoms with Crippen molar-refractivity contribution in [1.82, 2.24) is 5.32 Å². The summed E-state index contributed by atoms with van der Waals surface area (Å²) in [4.78, 5) is 23.0. The highest BCUT2D eigenvalue weighted by atomic mass is 16.6. The molecule has 0 spiro atoms. The molecule has 0 aliphatic rings. The van der Waals surface area contributed by atoms with E-state index in [1.807, 2.05) is 30.3 Å². The Balaban J connectivity index is 1.87. The molecule has 2 aromatic rings. The monoisotopic (exact) mass is 401 g/mol. The third-order valence-corrected chi connectivity index (χ3v) is 3.68. The molecule has 0 aliphatic heterocycles. The fourth-order valence-corrected chi connectivity index (χ4v) is 2.39. The van der Waals surface area contributed by atoms with Crippen LogP contribution in [0.4, 0.5) is 4.79 Å². The van der Waals surface area contributed by atoms with Gasteiger partial charge in [0.05, 0.1) is 6.61 Å². The van der Waals surface area contributed by atoms with Crippen molar-refractivity contribution in [3.63, 3.8) is 0 Å². The highest BCUT2D eigenvalue weighted by molar-refractivity contribution is 5.91. The standard InChI is InChI=1S/C22H27NO6/c1-22(2,3)29-21(26)23-12-7-13-27-19-14-17(10-11-18(19)20(24)25)28-15-16-8-5-4-6-9-16/h4-6,8-11,14H,7,12-13,15H2,1-3H3,(H,23,26)(H,24,25).